The molecule has 1 N–H and O–H groups in total. The van der Waals surface area contributed by atoms with Crippen LogP contribution in [0.1, 0.15) is 16.9 Å². The molecule has 0 spiro atoms. The van der Waals surface area contributed by atoms with E-state index in [1.54, 1.807) is 6.07 Å². The predicted molar refractivity (Wildman–Crippen MR) is 80.2 cm³/mol. The number of methoxy groups -OCH3 is 1. The first-order valence-electron chi connectivity index (χ1n) is 6.07. The molecule has 21 heavy (non-hydrogen) atoms. The van der Waals surface area contributed by atoms with Gasteiger partial charge in [0.1, 0.15) is 0 Å². The lowest BCUT2D eigenvalue weighted by molar-refractivity contribution is -0.137. The maximum Gasteiger partial charge on any atom is 0.322 e. The molecule has 116 valence electrons. The molecule has 0 bridgehead atoms. The SMILES string of the molecule is COC(=O)CS(=O)(=O)N(C)Cc1cc(C#CCCO)cs1. The van der Waals surface area contributed by atoms with Gasteiger partial charge in [0.05, 0.1) is 13.7 Å². The van der Waals surface area contributed by atoms with Gasteiger partial charge in [-0.2, -0.15) is 4.31 Å². The van der Waals surface area contributed by atoms with E-state index in [0.717, 1.165) is 21.9 Å². The number of carbonyl (C=O) groups excluding carboxylic acids is 1. The van der Waals surface area contributed by atoms with Crippen molar-refractivity contribution >= 4 is 27.3 Å². The van der Waals surface area contributed by atoms with Crippen molar-refractivity contribution in [3.63, 3.8) is 0 Å². The van der Waals surface area contributed by atoms with Gasteiger partial charge in [-0.3, -0.25) is 4.79 Å². The molecule has 0 aliphatic rings. The number of hydrogen-bond acceptors (Lipinski definition) is 6. The Kier molecular flexibility index (Phi) is 6.84. The van der Waals surface area contributed by atoms with Crippen molar-refractivity contribution in [1.82, 2.24) is 4.31 Å². The average molecular weight is 331 g/mol. The van der Waals surface area contributed by atoms with Crippen molar-refractivity contribution in [3.8, 4) is 11.8 Å². The normalized spacial score (nSPS) is 11.0. The van der Waals surface area contributed by atoms with E-state index < -0.39 is 21.7 Å². The molecule has 0 atom stereocenters. The summed E-state index contributed by atoms with van der Waals surface area (Å²) in [6, 6.07) is 1.79. The summed E-state index contributed by atoms with van der Waals surface area (Å²) in [6.07, 6.45) is 0.401. The molecule has 0 fully saturated rings. The van der Waals surface area contributed by atoms with Crippen LogP contribution in [0, 0.1) is 11.8 Å². The number of rotatable bonds is 6. The molecule has 0 unspecified atom stereocenters. The second-order valence-electron chi connectivity index (χ2n) is 4.17. The fourth-order valence-electron chi connectivity index (χ4n) is 1.39. The van der Waals surface area contributed by atoms with Gasteiger partial charge in [-0.25, -0.2) is 8.42 Å². The third kappa shape index (κ3) is 5.85. The number of sulfonamides is 1. The van der Waals surface area contributed by atoms with Crippen molar-refractivity contribution in [2.75, 3.05) is 26.5 Å². The van der Waals surface area contributed by atoms with Crippen LogP contribution in [0.25, 0.3) is 0 Å². The largest absolute Gasteiger partial charge is 0.468 e. The summed E-state index contributed by atoms with van der Waals surface area (Å²) >= 11 is 1.39. The minimum Gasteiger partial charge on any atom is -0.468 e. The Hall–Kier alpha value is -1.40. The van der Waals surface area contributed by atoms with E-state index in [-0.39, 0.29) is 13.2 Å². The Labute approximate surface area is 128 Å². The van der Waals surface area contributed by atoms with Gasteiger partial charge >= 0.3 is 5.97 Å². The Balaban J connectivity index is 2.69. The minimum absolute atomic E-state index is 0.0124. The Morgan fingerprint density at radius 3 is 2.86 bits per heavy atom. The van der Waals surface area contributed by atoms with Crippen molar-refractivity contribution in [2.45, 2.75) is 13.0 Å². The van der Waals surface area contributed by atoms with E-state index in [1.165, 1.54) is 18.4 Å². The Morgan fingerprint density at radius 1 is 1.52 bits per heavy atom. The van der Waals surface area contributed by atoms with E-state index in [9.17, 15) is 13.2 Å². The number of ether oxygens (including phenoxy) is 1. The van der Waals surface area contributed by atoms with Crippen LogP contribution in [0.15, 0.2) is 11.4 Å². The van der Waals surface area contributed by atoms with Crippen LogP contribution in [-0.4, -0.2) is 50.3 Å². The lowest BCUT2D eigenvalue weighted by Crippen LogP contribution is -2.32. The first-order valence-corrected chi connectivity index (χ1v) is 8.56. The topological polar surface area (TPSA) is 83.9 Å². The zero-order valence-electron chi connectivity index (χ0n) is 11.8. The Bertz CT molecular complexity index is 639. The highest BCUT2D eigenvalue weighted by atomic mass is 32.2. The van der Waals surface area contributed by atoms with Crippen LogP contribution in [0.3, 0.4) is 0 Å². The van der Waals surface area contributed by atoms with Crippen molar-refractivity contribution in [2.24, 2.45) is 0 Å². The van der Waals surface area contributed by atoms with Crippen molar-refractivity contribution in [1.29, 1.82) is 0 Å². The number of aliphatic hydroxyl groups excluding tert-OH is 1. The first kappa shape index (κ1) is 17.7. The van der Waals surface area contributed by atoms with Gasteiger partial charge in [0.2, 0.25) is 10.0 Å². The molecule has 1 rings (SSSR count). The van der Waals surface area contributed by atoms with Crippen molar-refractivity contribution in [3.05, 3.63) is 21.9 Å². The van der Waals surface area contributed by atoms with Crippen LogP contribution >= 0.6 is 11.3 Å². The molecule has 0 amide bonds. The van der Waals surface area contributed by atoms with Gasteiger partial charge in [-0.1, -0.05) is 11.8 Å². The quantitative estimate of drug-likeness (QED) is 0.603. The third-order valence-corrected chi connectivity index (χ3v) is 5.11. The summed E-state index contributed by atoms with van der Waals surface area (Å²) in [7, 11) is -1.13. The monoisotopic (exact) mass is 331 g/mol. The lowest BCUT2D eigenvalue weighted by Gasteiger charge is -2.15. The molecule has 0 radical (unpaired) electrons. The van der Waals surface area contributed by atoms with Gasteiger partial charge < -0.3 is 9.84 Å². The van der Waals surface area contributed by atoms with E-state index in [2.05, 4.69) is 16.6 Å². The zero-order valence-corrected chi connectivity index (χ0v) is 13.5. The summed E-state index contributed by atoms with van der Waals surface area (Å²) in [6.45, 7) is 0.185. The lowest BCUT2D eigenvalue weighted by atomic mass is 10.3. The smallest absolute Gasteiger partial charge is 0.322 e. The summed E-state index contributed by atoms with van der Waals surface area (Å²) in [5.74, 6) is 4.21. The number of hydrogen-bond donors (Lipinski definition) is 1. The summed E-state index contributed by atoms with van der Waals surface area (Å²) in [5, 5.41) is 10.5. The minimum atomic E-state index is -3.69. The molecule has 0 aliphatic carbocycles. The zero-order chi connectivity index (χ0) is 15.9. The second kappa shape index (κ2) is 8.14. The van der Waals surface area contributed by atoms with Gasteiger partial charge in [-0.15, -0.1) is 11.3 Å². The molecule has 0 aliphatic heterocycles. The number of aliphatic hydroxyl groups is 1. The summed E-state index contributed by atoms with van der Waals surface area (Å²) < 4.78 is 29.3. The highest BCUT2D eigenvalue weighted by molar-refractivity contribution is 7.89. The van der Waals surface area contributed by atoms with E-state index >= 15 is 0 Å². The van der Waals surface area contributed by atoms with Crippen LogP contribution in [0.2, 0.25) is 0 Å². The standard InChI is InChI=1S/C13H17NO5S2/c1-14(21(17,18)10-13(16)19-2)8-12-7-11(9-20-12)5-3-4-6-15/h7,9,15H,4,6,8,10H2,1-2H3. The highest BCUT2D eigenvalue weighted by Crippen LogP contribution is 2.17. The molecule has 8 heteroatoms. The molecule has 0 saturated heterocycles. The summed E-state index contributed by atoms with van der Waals surface area (Å²) in [4.78, 5) is 11.9. The second-order valence-corrected chi connectivity index (χ2v) is 7.24. The highest BCUT2D eigenvalue weighted by Gasteiger charge is 2.23. The van der Waals surface area contributed by atoms with Crippen LogP contribution < -0.4 is 0 Å². The van der Waals surface area contributed by atoms with E-state index in [0.29, 0.717) is 6.42 Å². The first-order chi connectivity index (χ1) is 9.89. The average Bonchev–Trinajstić information content (AvgIpc) is 2.86. The summed E-state index contributed by atoms with van der Waals surface area (Å²) in [5.41, 5.74) is 0.780. The number of esters is 1. The molecule has 6 nitrogen and oxygen atoms in total. The molecule has 1 aromatic rings. The fourth-order valence-corrected chi connectivity index (χ4v) is 3.31. The Morgan fingerprint density at radius 2 is 2.24 bits per heavy atom. The van der Waals surface area contributed by atoms with Gasteiger partial charge in [-0.05, 0) is 6.07 Å². The number of thiophene rings is 1. The molecular formula is C13H17NO5S2. The van der Waals surface area contributed by atoms with E-state index in [4.69, 9.17) is 5.11 Å². The third-order valence-electron chi connectivity index (χ3n) is 2.50. The maximum absolute atomic E-state index is 11.9. The molecule has 1 aromatic heterocycles. The number of carbonyl (C=O) groups is 1. The van der Waals surface area contributed by atoms with Crippen molar-refractivity contribution < 1.29 is 23.1 Å². The van der Waals surface area contributed by atoms with Crippen LogP contribution in [0.4, 0.5) is 0 Å². The van der Waals surface area contributed by atoms with E-state index in [1.807, 2.05) is 5.38 Å². The molecule has 0 aromatic carbocycles. The van der Waals surface area contributed by atoms with Gasteiger partial charge in [0.15, 0.2) is 5.75 Å². The van der Waals surface area contributed by atoms with Gasteiger partial charge in [0.25, 0.3) is 0 Å². The predicted octanol–water partition coefficient (Wildman–Crippen LogP) is 0.417. The van der Waals surface area contributed by atoms with Gasteiger partial charge in [0, 0.05) is 35.8 Å². The fraction of sp³-hybridized carbons (Fsp3) is 0.462. The maximum atomic E-state index is 11.9. The van der Waals surface area contributed by atoms with Crippen LogP contribution in [-0.2, 0) is 26.1 Å². The van der Waals surface area contributed by atoms with Crippen LogP contribution in [0.5, 0.6) is 0 Å². The number of nitrogens with zero attached hydrogens (tertiary/aromatic N) is 1. The molecule has 0 saturated carbocycles. The molecule has 1 heterocycles. The molecular weight excluding hydrogens is 314 g/mol.